The molecule has 0 saturated heterocycles. The Morgan fingerprint density at radius 1 is 0.339 bits per heavy atom. The molecule has 0 aliphatic carbocycles. The van der Waals surface area contributed by atoms with Gasteiger partial charge in [0.25, 0.3) is 0 Å². The summed E-state index contributed by atoms with van der Waals surface area (Å²) in [5.74, 6) is 0. The monoisotopic (exact) mass is 821 g/mol. The Morgan fingerprint density at radius 2 is 0.536 bits per heavy atom. The predicted octanol–water partition coefficient (Wildman–Crippen LogP) is 8.13. The second kappa shape index (κ2) is 20.5. The van der Waals surface area contributed by atoms with E-state index in [2.05, 4.69) is 156 Å². The number of hydrogen-bond acceptors (Lipinski definition) is 6. The predicted molar refractivity (Wildman–Crippen MR) is 219 cm³/mol. The van der Waals surface area contributed by atoms with Gasteiger partial charge in [0.1, 0.15) is 0 Å². The molecule has 277 valence electrons. The van der Waals surface area contributed by atoms with Crippen LogP contribution in [0.1, 0.15) is 22.8 Å². The van der Waals surface area contributed by atoms with Crippen molar-refractivity contribution < 1.29 is 38.5 Å². The summed E-state index contributed by atoms with van der Waals surface area (Å²) in [4.78, 5) is 18.3. The van der Waals surface area contributed by atoms with Gasteiger partial charge in [0.15, 0.2) is 0 Å². The van der Waals surface area contributed by atoms with Crippen molar-refractivity contribution in [3.05, 3.63) is 168 Å². The molecule has 0 amide bonds. The molecule has 7 aromatic rings. The summed E-state index contributed by atoms with van der Waals surface area (Å²) in [6.07, 6.45) is 8.54. The minimum absolute atomic E-state index is 0.700. The Morgan fingerprint density at radius 3 is 0.732 bits per heavy atom. The van der Waals surface area contributed by atoms with Crippen LogP contribution in [0.2, 0.25) is 0 Å². The number of hydrogen-bond donors (Lipinski definition) is 2. The van der Waals surface area contributed by atoms with Gasteiger partial charge in [0.2, 0.25) is 0 Å². The van der Waals surface area contributed by atoms with Crippen LogP contribution in [0.5, 0.6) is 0 Å². The molecular formula is C47H39MoN4O4. The van der Waals surface area contributed by atoms with Gasteiger partial charge in [-0.3, -0.25) is 0 Å². The summed E-state index contributed by atoms with van der Waals surface area (Å²) >= 11 is 0.700. The molecule has 5 heterocycles. The molecule has 0 unspecified atom stereocenters. The van der Waals surface area contributed by atoms with Crippen molar-refractivity contribution in [2.24, 2.45) is 0 Å². The molecule has 8 nitrogen and oxygen atoms in total. The fraction of sp³-hybridized carbons (Fsp3) is 0.0638. The van der Waals surface area contributed by atoms with Crippen LogP contribution in [0.15, 0.2) is 146 Å². The second-order valence-corrected chi connectivity index (χ2v) is 12.0. The van der Waals surface area contributed by atoms with Crippen LogP contribution in [-0.4, -0.2) is 41.3 Å². The second-order valence-electron chi connectivity index (χ2n) is 12.0. The maximum atomic E-state index is 8.26. The number of nitrogens with zero attached hydrogens (tertiary/aromatic N) is 2. The van der Waals surface area contributed by atoms with E-state index in [1.165, 1.54) is 0 Å². The van der Waals surface area contributed by atoms with Crippen molar-refractivity contribution in [3.8, 4) is 44.5 Å². The Kier molecular flexibility index (Phi) is 15.0. The van der Waals surface area contributed by atoms with Crippen LogP contribution in [0.4, 0.5) is 0 Å². The SMILES string of the molecule is C1=Cc2nc1c(-c1ccccc1)c1ccc([nH]1)c(-c1ccccc1)c1nc(c(-c3ccccc3)c3ccc([nH]3)c2-c2ccccc2)C=C1.C[O-].C[O-].C[O-].[O]=[Mo+3]. The molecule has 2 aliphatic rings. The van der Waals surface area contributed by atoms with Crippen LogP contribution in [-0.2, 0) is 23.2 Å². The van der Waals surface area contributed by atoms with Crippen LogP contribution >= 0.6 is 0 Å². The van der Waals surface area contributed by atoms with Gasteiger partial charge in [-0.05, 0) is 70.8 Å². The molecular weight excluding hydrogens is 780 g/mol. The van der Waals surface area contributed by atoms with Gasteiger partial charge >= 0.3 is 23.2 Å². The molecule has 9 heteroatoms. The van der Waals surface area contributed by atoms with E-state index in [4.69, 9.17) is 28.7 Å². The van der Waals surface area contributed by atoms with E-state index in [1.807, 2.05) is 24.3 Å². The maximum absolute atomic E-state index is 8.26. The topological polar surface area (TPSA) is 144 Å². The number of benzene rings is 4. The van der Waals surface area contributed by atoms with Crippen molar-refractivity contribution in [1.29, 1.82) is 0 Å². The number of aromatic amines is 2. The molecule has 4 aromatic carbocycles. The van der Waals surface area contributed by atoms with Gasteiger partial charge in [-0.2, -0.15) is 21.3 Å². The van der Waals surface area contributed by atoms with Crippen LogP contribution < -0.4 is 15.3 Å². The molecule has 56 heavy (non-hydrogen) atoms. The summed E-state index contributed by atoms with van der Waals surface area (Å²) in [6, 6.07) is 50.7. The van der Waals surface area contributed by atoms with Crippen LogP contribution in [0.3, 0.4) is 0 Å². The fourth-order valence-electron chi connectivity index (χ4n) is 6.84. The molecule has 9 rings (SSSR count). The molecule has 0 fully saturated rings. The average Bonchev–Trinajstić information content (AvgIpc) is 4.14. The summed E-state index contributed by atoms with van der Waals surface area (Å²) in [5, 5.41) is 24.8. The zero-order chi connectivity index (χ0) is 39.9. The zero-order valence-electron chi connectivity index (χ0n) is 31.1. The summed E-state index contributed by atoms with van der Waals surface area (Å²) < 4.78 is 8.26. The molecule has 0 spiro atoms. The molecule has 2 aliphatic heterocycles. The Balaban J connectivity index is 0.000000707. The normalized spacial score (nSPS) is 10.7. The van der Waals surface area contributed by atoms with Crippen molar-refractivity contribution in [3.63, 3.8) is 0 Å². The van der Waals surface area contributed by atoms with E-state index in [0.717, 1.165) is 111 Å². The van der Waals surface area contributed by atoms with Gasteiger partial charge in [-0.15, -0.1) is 0 Å². The fourth-order valence-corrected chi connectivity index (χ4v) is 6.84. The van der Waals surface area contributed by atoms with Crippen molar-refractivity contribution in [2.45, 2.75) is 0 Å². The summed E-state index contributed by atoms with van der Waals surface area (Å²) in [7, 11) is 2.25. The third-order valence-corrected chi connectivity index (χ3v) is 9.00. The van der Waals surface area contributed by atoms with Crippen molar-refractivity contribution >= 4 is 46.4 Å². The van der Waals surface area contributed by atoms with E-state index in [1.54, 1.807) is 0 Å². The molecule has 3 aromatic heterocycles. The number of rotatable bonds is 4. The molecule has 2 N–H and O–H groups in total. The Bertz CT molecular complexity index is 2220. The number of aromatic nitrogens is 4. The van der Waals surface area contributed by atoms with E-state index < -0.39 is 0 Å². The molecule has 8 bridgehead atoms. The third kappa shape index (κ3) is 8.70. The van der Waals surface area contributed by atoms with E-state index in [-0.39, 0.29) is 0 Å². The minimum atomic E-state index is 0.700. The number of nitrogens with one attached hydrogen (secondary N) is 2. The van der Waals surface area contributed by atoms with Gasteiger partial charge in [0, 0.05) is 44.3 Å². The first kappa shape index (κ1) is 41.0. The number of fused-ring (bicyclic) bond motifs is 8. The molecule has 0 radical (unpaired) electrons. The van der Waals surface area contributed by atoms with E-state index >= 15 is 0 Å². The first-order valence-corrected chi connectivity index (χ1v) is 18.4. The van der Waals surface area contributed by atoms with Gasteiger partial charge < -0.3 is 25.3 Å². The first-order valence-electron chi connectivity index (χ1n) is 17.6. The summed E-state index contributed by atoms with van der Waals surface area (Å²) in [5.41, 5.74) is 16.2. The zero-order valence-corrected chi connectivity index (χ0v) is 33.1. The Labute approximate surface area is 337 Å². The van der Waals surface area contributed by atoms with Gasteiger partial charge in [-0.25, -0.2) is 9.97 Å². The van der Waals surface area contributed by atoms with Gasteiger partial charge in [0.05, 0.1) is 22.8 Å². The standard InChI is InChI=1S/C44H30N4.3CH3O.Mo.O/c1-5-13-29(14-6-1)41-33-21-23-35(45-33)42(30-15-7-2-8-16-30)37-25-27-39(47-37)44(32-19-11-4-12-20-32)40-28-26-38(48-40)43(31-17-9-3-10-18-31)36-24-22-34(41)46-36;3*1-2;;/h1-28,45,48H;3*1H3;;/q;3*-1;+3;. The van der Waals surface area contributed by atoms with Crippen molar-refractivity contribution in [2.75, 3.05) is 21.3 Å². The van der Waals surface area contributed by atoms with Crippen molar-refractivity contribution in [1.82, 2.24) is 19.9 Å². The first-order chi connectivity index (χ1) is 27.8. The van der Waals surface area contributed by atoms with Gasteiger partial charge in [-0.1, -0.05) is 121 Å². The molecule has 0 saturated carbocycles. The number of H-pyrrole nitrogens is 2. The van der Waals surface area contributed by atoms with Crippen LogP contribution in [0.25, 0.3) is 90.9 Å². The quantitative estimate of drug-likeness (QED) is 0.172. The third-order valence-electron chi connectivity index (χ3n) is 9.00. The van der Waals surface area contributed by atoms with E-state index in [9.17, 15) is 0 Å². The average molecular weight is 820 g/mol. The molecule has 0 atom stereocenters. The Hall–Kier alpha value is -6.15. The van der Waals surface area contributed by atoms with Crippen LogP contribution in [0, 0.1) is 0 Å². The van der Waals surface area contributed by atoms with E-state index in [0.29, 0.717) is 19.8 Å². The summed E-state index contributed by atoms with van der Waals surface area (Å²) in [6.45, 7) is 0.